The van der Waals surface area contributed by atoms with Crippen molar-refractivity contribution in [3.63, 3.8) is 0 Å². The molecular formula is C16H18N4. The van der Waals surface area contributed by atoms with E-state index in [1.807, 2.05) is 38.1 Å². The molecule has 0 saturated heterocycles. The molecule has 0 aliphatic rings. The van der Waals surface area contributed by atoms with Crippen molar-refractivity contribution in [2.24, 2.45) is 7.05 Å². The molecule has 0 aliphatic carbocycles. The quantitative estimate of drug-likeness (QED) is 0.792. The van der Waals surface area contributed by atoms with Gasteiger partial charge in [0.2, 0.25) is 0 Å². The lowest BCUT2D eigenvalue weighted by Crippen LogP contribution is -2.20. The summed E-state index contributed by atoms with van der Waals surface area (Å²) in [6, 6.07) is 10.6. The Kier molecular flexibility index (Phi) is 3.24. The van der Waals surface area contributed by atoms with Crippen LogP contribution >= 0.6 is 0 Å². The minimum atomic E-state index is 0.118. The Morgan fingerprint density at radius 1 is 1.25 bits per heavy atom. The van der Waals surface area contributed by atoms with E-state index in [1.165, 1.54) is 10.9 Å². The molecule has 20 heavy (non-hydrogen) atoms. The van der Waals surface area contributed by atoms with Crippen LogP contribution in [0.1, 0.15) is 23.0 Å². The number of hydrogen-bond donors (Lipinski definition) is 1. The van der Waals surface area contributed by atoms with Crippen molar-refractivity contribution in [2.45, 2.75) is 13.0 Å². The van der Waals surface area contributed by atoms with Crippen LogP contribution in [0, 0.1) is 6.92 Å². The second kappa shape index (κ2) is 5.06. The van der Waals surface area contributed by atoms with Gasteiger partial charge in [-0.1, -0.05) is 18.2 Å². The number of hydrogen-bond acceptors (Lipinski definition) is 3. The number of nitrogens with zero attached hydrogens (tertiary/aromatic N) is 3. The third-order valence-electron chi connectivity index (χ3n) is 3.65. The highest BCUT2D eigenvalue weighted by atomic mass is 15.3. The average molecular weight is 266 g/mol. The second-order valence-electron chi connectivity index (χ2n) is 5.00. The third kappa shape index (κ3) is 2.08. The van der Waals surface area contributed by atoms with E-state index in [-0.39, 0.29) is 6.04 Å². The van der Waals surface area contributed by atoms with Gasteiger partial charge < -0.3 is 5.32 Å². The standard InChI is InChI=1S/C16H18N4/c1-11-9-15(20(3)19-11)16(17-2)14-6-4-5-12-10-18-8-7-13(12)14/h4-10,16-17H,1-3H3. The van der Waals surface area contributed by atoms with Crippen LogP contribution in [0.5, 0.6) is 0 Å². The normalized spacial score (nSPS) is 12.8. The summed E-state index contributed by atoms with van der Waals surface area (Å²) in [5, 5.41) is 10.2. The first-order chi connectivity index (χ1) is 9.70. The summed E-state index contributed by atoms with van der Waals surface area (Å²) in [5.41, 5.74) is 3.44. The Morgan fingerprint density at radius 3 is 2.80 bits per heavy atom. The van der Waals surface area contributed by atoms with E-state index in [1.54, 1.807) is 0 Å². The average Bonchev–Trinajstić information content (AvgIpc) is 2.79. The maximum atomic E-state index is 4.45. The highest BCUT2D eigenvalue weighted by molar-refractivity contribution is 5.85. The highest BCUT2D eigenvalue weighted by Crippen LogP contribution is 2.28. The fraction of sp³-hybridized carbons (Fsp3) is 0.250. The monoisotopic (exact) mass is 266 g/mol. The van der Waals surface area contributed by atoms with E-state index < -0.39 is 0 Å². The molecule has 1 N–H and O–H groups in total. The molecule has 3 rings (SSSR count). The van der Waals surface area contributed by atoms with Crippen LogP contribution in [-0.2, 0) is 7.05 Å². The molecule has 0 aliphatic heterocycles. The second-order valence-corrected chi connectivity index (χ2v) is 5.00. The SMILES string of the molecule is CNC(c1cccc2cnccc12)c1cc(C)nn1C. The van der Waals surface area contributed by atoms with Gasteiger partial charge in [0.15, 0.2) is 0 Å². The zero-order valence-corrected chi connectivity index (χ0v) is 12.0. The fourth-order valence-electron chi connectivity index (χ4n) is 2.76. The Labute approximate surface area is 118 Å². The predicted octanol–water partition coefficient (Wildman–Crippen LogP) is 2.59. The fourth-order valence-corrected chi connectivity index (χ4v) is 2.76. The molecule has 4 heteroatoms. The van der Waals surface area contributed by atoms with Crippen molar-refractivity contribution in [3.05, 3.63) is 59.7 Å². The summed E-state index contributed by atoms with van der Waals surface area (Å²) in [7, 11) is 3.96. The van der Waals surface area contributed by atoms with Crippen molar-refractivity contribution in [1.82, 2.24) is 20.1 Å². The molecular weight excluding hydrogens is 248 g/mol. The van der Waals surface area contributed by atoms with E-state index in [4.69, 9.17) is 0 Å². The van der Waals surface area contributed by atoms with Crippen molar-refractivity contribution < 1.29 is 0 Å². The van der Waals surface area contributed by atoms with Gasteiger partial charge >= 0.3 is 0 Å². The number of benzene rings is 1. The van der Waals surface area contributed by atoms with Gasteiger partial charge in [-0.15, -0.1) is 0 Å². The molecule has 0 fully saturated rings. The van der Waals surface area contributed by atoms with Crippen LogP contribution in [0.15, 0.2) is 42.7 Å². The number of fused-ring (bicyclic) bond motifs is 1. The summed E-state index contributed by atoms with van der Waals surface area (Å²) in [4.78, 5) is 4.20. The first kappa shape index (κ1) is 12.8. The van der Waals surface area contributed by atoms with Gasteiger partial charge in [-0.05, 0) is 37.1 Å². The number of aryl methyl sites for hydroxylation is 2. The van der Waals surface area contributed by atoms with Gasteiger partial charge in [0.25, 0.3) is 0 Å². The van der Waals surface area contributed by atoms with E-state index >= 15 is 0 Å². The van der Waals surface area contributed by atoms with Gasteiger partial charge in [-0.2, -0.15) is 5.10 Å². The molecule has 2 heterocycles. The van der Waals surface area contributed by atoms with Crippen molar-refractivity contribution >= 4 is 10.8 Å². The smallest absolute Gasteiger partial charge is 0.0751 e. The minimum Gasteiger partial charge on any atom is -0.308 e. The molecule has 0 amide bonds. The Bertz CT molecular complexity index is 740. The van der Waals surface area contributed by atoms with Crippen molar-refractivity contribution in [3.8, 4) is 0 Å². The summed E-state index contributed by atoms with van der Waals surface area (Å²) >= 11 is 0. The molecule has 0 saturated carbocycles. The van der Waals surface area contributed by atoms with Gasteiger partial charge in [0, 0.05) is 24.8 Å². The van der Waals surface area contributed by atoms with Crippen LogP contribution in [0.2, 0.25) is 0 Å². The van der Waals surface area contributed by atoms with Gasteiger partial charge in [0.1, 0.15) is 0 Å². The molecule has 3 aromatic rings. The van der Waals surface area contributed by atoms with Crippen LogP contribution in [0.25, 0.3) is 10.8 Å². The molecule has 1 atom stereocenters. The summed E-state index contributed by atoms with van der Waals surface area (Å²) in [5.74, 6) is 0. The summed E-state index contributed by atoms with van der Waals surface area (Å²) < 4.78 is 1.94. The molecule has 102 valence electrons. The summed E-state index contributed by atoms with van der Waals surface area (Å²) in [6.07, 6.45) is 3.74. The van der Waals surface area contributed by atoms with Gasteiger partial charge in [-0.3, -0.25) is 9.67 Å². The summed E-state index contributed by atoms with van der Waals surface area (Å²) in [6.45, 7) is 2.02. The van der Waals surface area contributed by atoms with E-state index in [2.05, 4.69) is 45.7 Å². The zero-order valence-electron chi connectivity index (χ0n) is 12.0. The Hall–Kier alpha value is -2.20. The first-order valence-corrected chi connectivity index (χ1v) is 6.71. The first-order valence-electron chi connectivity index (χ1n) is 6.71. The maximum Gasteiger partial charge on any atom is 0.0751 e. The topological polar surface area (TPSA) is 42.7 Å². The number of pyridine rings is 1. The number of aromatic nitrogens is 3. The van der Waals surface area contributed by atoms with E-state index in [0.717, 1.165) is 16.8 Å². The molecule has 1 unspecified atom stereocenters. The molecule has 0 radical (unpaired) electrons. The predicted molar refractivity (Wildman–Crippen MR) is 80.6 cm³/mol. The van der Waals surface area contributed by atoms with Crippen LogP contribution in [-0.4, -0.2) is 21.8 Å². The largest absolute Gasteiger partial charge is 0.308 e. The highest BCUT2D eigenvalue weighted by Gasteiger charge is 2.18. The van der Waals surface area contributed by atoms with Crippen LogP contribution in [0.4, 0.5) is 0 Å². The number of rotatable bonds is 3. The third-order valence-corrected chi connectivity index (χ3v) is 3.65. The molecule has 2 aromatic heterocycles. The zero-order chi connectivity index (χ0) is 14.1. The Morgan fingerprint density at radius 2 is 2.10 bits per heavy atom. The van der Waals surface area contributed by atoms with E-state index in [0.29, 0.717) is 0 Å². The molecule has 4 nitrogen and oxygen atoms in total. The maximum absolute atomic E-state index is 4.45. The van der Waals surface area contributed by atoms with Gasteiger partial charge in [0.05, 0.1) is 17.4 Å². The van der Waals surface area contributed by atoms with Crippen molar-refractivity contribution in [1.29, 1.82) is 0 Å². The van der Waals surface area contributed by atoms with Crippen LogP contribution < -0.4 is 5.32 Å². The lowest BCUT2D eigenvalue weighted by Gasteiger charge is -2.19. The molecule has 1 aromatic carbocycles. The Balaban J connectivity index is 2.19. The molecule has 0 bridgehead atoms. The minimum absolute atomic E-state index is 0.118. The lowest BCUT2D eigenvalue weighted by molar-refractivity contribution is 0.607. The lowest BCUT2D eigenvalue weighted by atomic mass is 9.97. The number of nitrogens with one attached hydrogen (secondary N) is 1. The molecule has 0 spiro atoms. The van der Waals surface area contributed by atoms with Gasteiger partial charge in [-0.25, -0.2) is 0 Å². The van der Waals surface area contributed by atoms with Crippen molar-refractivity contribution in [2.75, 3.05) is 7.05 Å². The van der Waals surface area contributed by atoms with Crippen LogP contribution in [0.3, 0.4) is 0 Å². The van der Waals surface area contributed by atoms with E-state index in [9.17, 15) is 0 Å².